The first kappa shape index (κ1) is 20.7. The molecule has 7 nitrogen and oxygen atoms in total. The molecule has 0 saturated heterocycles. The van der Waals surface area contributed by atoms with Crippen LogP contribution in [0.25, 0.3) is 0 Å². The molecule has 0 aliphatic heterocycles. The third-order valence-electron chi connectivity index (χ3n) is 3.38. The van der Waals surface area contributed by atoms with Crippen LogP contribution < -0.4 is 10.0 Å². The van der Waals surface area contributed by atoms with Crippen molar-refractivity contribution in [2.45, 2.75) is 6.42 Å². The van der Waals surface area contributed by atoms with Gasteiger partial charge in [0.25, 0.3) is 5.91 Å². The molecule has 0 spiro atoms. The zero-order valence-electron chi connectivity index (χ0n) is 14.6. The molecular formula is C18H19ClN2O5S. The zero-order chi connectivity index (χ0) is 19.9. The second kappa shape index (κ2) is 9.38. The summed E-state index contributed by atoms with van der Waals surface area (Å²) in [5.74, 6) is -1.15. The minimum atomic E-state index is -3.45. The van der Waals surface area contributed by atoms with Crippen LogP contribution in [0, 0.1) is 0 Å². The molecule has 2 aromatic rings. The maximum Gasteiger partial charge on any atom is 0.338 e. The molecule has 0 aromatic heterocycles. The number of anilines is 1. The number of ether oxygens (including phenoxy) is 1. The molecule has 0 radical (unpaired) electrons. The summed E-state index contributed by atoms with van der Waals surface area (Å²) in [7, 11) is -3.45. The summed E-state index contributed by atoms with van der Waals surface area (Å²) in [6.45, 7) is -0.0328. The Labute approximate surface area is 162 Å². The van der Waals surface area contributed by atoms with Crippen LogP contribution in [0.2, 0.25) is 5.02 Å². The highest BCUT2D eigenvalue weighted by Crippen LogP contribution is 2.13. The van der Waals surface area contributed by atoms with Gasteiger partial charge in [0, 0.05) is 17.3 Å². The van der Waals surface area contributed by atoms with Gasteiger partial charge in [-0.2, -0.15) is 0 Å². The Morgan fingerprint density at radius 3 is 2.48 bits per heavy atom. The van der Waals surface area contributed by atoms with E-state index in [1.165, 1.54) is 24.3 Å². The summed E-state index contributed by atoms with van der Waals surface area (Å²) in [6.07, 6.45) is 1.63. The first-order chi connectivity index (χ1) is 12.7. The van der Waals surface area contributed by atoms with Crippen LogP contribution in [0.1, 0.15) is 15.9 Å². The molecule has 9 heteroatoms. The molecule has 0 aliphatic carbocycles. The number of hydrogen-bond acceptors (Lipinski definition) is 5. The second-order valence-electron chi connectivity index (χ2n) is 5.76. The van der Waals surface area contributed by atoms with Crippen LogP contribution >= 0.6 is 11.6 Å². The SMILES string of the molecule is CS(=O)(=O)Nc1cccc(C(=O)OCC(=O)NCCc2ccc(Cl)cc2)c1. The third-order valence-corrected chi connectivity index (χ3v) is 4.24. The molecule has 0 atom stereocenters. The average molecular weight is 411 g/mol. The fraction of sp³-hybridized carbons (Fsp3) is 0.222. The van der Waals surface area contributed by atoms with E-state index in [0.29, 0.717) is 18.0 Å². The van der Waals surface area contributed by atoms with E-state index in [-0.39, 0.29) is 11.3 Å². The normalized spacial score (nSPS) is 10.9. The van der Waals surface area contributed by atoms with E-state index in [4.69, 9.17) is 16.3 Å². The first-order valence-electron chi connectivity index (χ1n) is 7.99. The molecule has 0 bridgehead atoms. The van der Waals surface area contributed by atoms with Crippen molar-refractivity contribution < 1.29 is 22.7 Å². The van der Waals surface area contributed by atoms with Gasteiger partial charge in [0.2, 0.25) is 10.0 Å². The van der Waals surface area contributed by atoms with Crippen molar-refractivity contribution in [3.05, 3.63) is 64.7 Å². The molecule has 0 saturated carbocycles. The first-order valence-corrected chi connectivity index (χ1v) is 10.3. The molecule has 0 unspecified atom stereocenters. The average Bonchev–Trinajstić information content (AvgIpc) is 2.60. The van der Waals surface area contributed by atoms with Crippen LogP contribution in [0.15, 0.2) is 48.5 Å². The topological polar surface area (TPSA) is 102 Å². The number of amides is 1. The minimum Gasteiger partial charge on any atom is -0.452 e. The van der Waals surface area contributed by atoms with Crippen LogP contribution in [-0.4, -0.2) is 39.7 Å². The van der Waals surface area contributed by atoms with E-state index in [2.05, 4.69) is 10.0 Å². The molecule has 2 N–H and O–H groups in total. The van der Waals surface area contributed by atoms with E-state index in [1.807, 2.05) is 12.1 Å². The van der Waals surface area contributed by atoms with E-state index in [9.17, 15) is 18.0 Å². The molecule has 0 heterocycles. The Hall–Kier alpha value is -2.58. The molecule has 0 aliphatic rings. The number of halogens is 1. The van der Waals surface area contributed by atoms with Gasteiger partial charge in [0.15, 0.2) is 6.61 Å². The zero-order valence-corrected chi connectivity index (χ0v) is 16.1. The summed E-state index contributed by atoms with van der Waals surface area (Å²) in [6, 6.07) is 13.1. The van der Waals surface area contributed by atoms with Gasteiger partial charge in [-0.25, -0.2) is 13.2 Å². The molecule has 0 fully saturated rings. The fourth-order valence-corrected chi connectivity index (χ4v) is 2.87. The van der Waals surface area contributed by atoms with Crippen molar-refractivity contribution in [2.75, 3.05) is 24.1 Å². The van der Waals surface area contributed by atoms with Crippen molar-refractivity contribution in [3.8, 4) is 0 Å². The minimum absolute atomic E-state index is 0.137. The summed E-state index contributed by atoms with van der Waals surface area (Å²) >= 11 is 5.81. The summed E-state index contributed by atoms with van der Waals surface area (Å²) < 4.78 is 29.7. The van der Waals surface area contributed by atoms with Crippen molar-refractivity contribution in [2.24, 2.45) is 0 Å². The van der Waals surface area contributed by atoms with Crippen LogP contribution in [0.4, 0.5) is 5.69 Å². The van der Waals surface area contributed by atoms with Crippen LogP contribution in [-0.2, 0) is 26.0 Å². The van der Waals surface area contributed by atoms with Crippen molar-refractivity contribution in [1.29, 1.82) is 0 Å². The van der Waals surface area contributed by atoms with E-state index >= 15 is 0 Å². The fourth-order valence-electron chi connectivity index (χ4n) is 2.19. The number of sulfonamides is 1. The highest BCUT2D eigenvalue weighted by Gasteiger charge is 2.11. The van der Waals surface area contributed by atoms with Gasteiger partial charge in [-0.15, -0.1) is 0 Å². The molecule has 2 aromatic carbocycles. The van der Waals surface area contributed by atoms with Gasteiger partial charge in [0.1, 0.15) is 0 Å². The third kappa shape index (κ3) is 7.67. The highest BCUT2D eigenvalue weighted by atomic mass is 35.5. The van der Waals surface area contributed by atoms with Crippen LogP contribution in [0.5, 0.6) is 0 Å². The van der Waals surface area contributed by atoms with Crippen molar-refractivity contribution >= 4 is 39.2 Å². The number of carbonyl (C=O) groups excluding carboxylic acids is 2. The molecule has 2 rings (SSSR count). The lowest BCUT2D eigenvalue weighted by Crippen LogP contribution is -2.30. The Balaban J connectivity index is 1.78. The van der Waals surface area contributed by atoms with E-state index < -0.39 is 28.5 Å². The number of rotatable bonds is 8. The lowest BCUT2D eigenvalue weighted by molar-refractivity contribution is -0.124. The Kier molecular flexibility index (Phi) is 7.20. The molecule has 1 amide bonds. The van der Waals surface area contributed by atoms with Gasteiger partial charge < -0.3 is 10.1 Å². The lowest BCUT2D eigenvalue weighted by Gasteiger charge is -2.08. The summed E-state index contributed by atoms with van der Waals surface area (Å²) in [5, 5.41) is 3.30. The Morgan fingerprint density at radius 2 is 1.81 bits per heavy atom. The smallest absolute Gasteiger partial charge is 0.338 e. The predicted octanol–water partition coefficient (Wildman–Crippen LogP) is 2.23. The Bertz CT molecular complexity index is 914. The largest absolute Gasteiger partial charge is 0.452 e. The van der Waals surface area contributed by atoms with Gasteiger partial charge in [-0.1, -0.05) is 29.8 Å². The standard InChI is InChI=1S/C18H19ClN2O5S/c1-27(24,25)21-16-4-2-3-14(11-16)18(23)26-12-17(22)20-10-9-13-5-7-15(19)8-6-13/h2-8,11,21H,9-10,12H2,1H3,(H,20,22). The Morgan fingerprint density at radius 1 is 1.11 bits per heavy atom. The summed E-state index contributed by atoms with van der Waals surface area (Å²) in [4.78, 5) is 23.8. The van der Waals surface area contributed by atoms with Gasteiger partial charge >= 0.3 is 5.97 Å². The number of hydrogen-bond donors (Lipinski definition) is 2. The second-order valence-corrected chi connectivity index (χ2v) is 7.94. The molecule has 144 valence electrons. The molecule has 27 heavy (non-hydrogen) atoms. The number of benzene rings is 2. The lowest BCUT2D eigenvalue weighted by atomic mass is 10.1. The number of carbonyl (C=O) groups is 2. The van der Waals surface area contributed by atoms with E-state index in [0.717, 1.165) is 11.8 Å². The number of nitrogens with one attached hydrogen (secondary N) is 2. The maximum absolute atomic E-state index is 12.0. The van der Waals surface area contributed by atoms with Crippen molar-refractivity contribution in [3.63, 3.8) is 0 Å². The molecular weight excluding hydrogens is 392 g/mol. The van der Waals surface area contributed by atoms with E-state index in [1.54, 1.807) is 12.1 Å². The van der Waals surface area contributed by atoms with Gasteiger partial charge in [-0.05, 0) is 42.3 Å². The quantitative estimate of drug-likeness (QED) is 0.650. The maximum atomic E-state index is 12.0. The number of esters is 1. The van der Waals surface area contributed by atoms with Gasteiger partial charge in [0.05, 0.1) is 11.8 Å². The van der Waals surface area contributed by atoms with Crippen molar-refractivity contribution in [1.82, 2.24) is 5.32 Å². The highest BCUT2D eigenvalue weighted by molar-refractivity contribution is 7.92. The summed E-state index contributed by atoms with van der Waals surface area (Å²) in [5.41, 5.74) is 1.39. The predicted molar refractivity (Wildman–Crippen MR) is 103 cm³/mol. The monoisotopic (exact) mass is 410 g/mol. The van der Waals surface area contributed by atoms with Gasteiger partial charge in [-0.3, -0.25) is 9.52 Å². The van der Waals surface area contributed by atoms with Crippen LogP contribution in [0.3, 0.4) is 0 Å².